The summed E-state index contributed by atoms with van der Waals surface area (Å²) in [5.41, 5.74) is 1.24. The van der Waals surface area contributed by atoms with E-state index in [1.54, 1.807) is 30.5 Å². The maximum Gasteiger partial charge on any atom is 0.269 e. The summed E-state index contributed by atoms with van der Waals surface area (Å²) in [5.74, 6) is 1.23. The first-order valence-corrected chi connectivity index (χ1v) is 7.58. The molecule has 0 aromatic carbocycles. The number of thiophene rings is 1. The number of rotatable bonds is 3. The van der Waals surface area contributed by atoms with Gasteiger partial charge in [0.05, 0.1) is 11.4 Å². The molecule has 3 aromatic heterocycles. The molecule has 6 heteroatoms. The Labute approximate surface area is 131 Å². The van der Waals surface area contributed by atoms with E-state index in [1.165, 1.54) is 4.57 Å². The average molecular weight is 311 g/mol. The van der Waals surface area contributed by atoms with Gasteiger partial charge in [0.2, 0.25) is 5.89 Å². The predicted octanol–water partition coefficient (Wildman–Crippen LogP) is 3.10. The van der Waals surface area contributed by atoms with Crippen molar-refractivity contribution in [3.05, 3.63) is 62.7 Å². The fourth-order valence-electron chi connectivity index (χ4n) is 2.17. The molecule has 22 heavy (non-hydrogen) atoms. The first-order valence-electron chi connectivity index (χ1n) is 6.70. The Morgan fingerprint density at radius 1 is 1.41 bits per heavy atom. The van der Waals surface area contributed by atoms with Crippen LogP contribution in [0.3, 0.4) is 0 Å². The molecule has 0 fully saturated rings. The van der Waals surface area contributed by atoms with Gasteiger partial charge in [0.15, 0.2) is 0 Å². The Morgan fingerprint density at radius 3 is 2.91 bits per heavy atom. The van der Waals surface area contributed by atoms with Gasteiger partial charge in [-0.2, -0.15) is 5.26 Å². The zero-order chi connectivity index (χ0) is 15.7. The number of nitriles is 1. The second-order valence-corrected chi connectivity index (χ2v) is 5.87. The number of aryl methyl sites for hydroxylation is 2. The molecule has 0 aliphatic carbocycles. The zero-order valence-corrected chi connectivity index (χ0v) is 13.0. The summed E-state index contributed by atoms with van der Waals surface area (Å²) in [4.78, 5) is 17.7. The van der Waals surface area contributed by atoms with E-state index in [0.717, 1.165) is 4.88 Å². The van der Waals surface area contributed by atoms with E-state index in [-0.39, 0.29) is 17.7 Å². The molecule has 5 nitrogen and oxygen atoms in total. The van der Waals surface area contributed by atoms with Gasteiger partial charge in [-0.3, -0.25) is 4.79 Å². The van der Waals surface area contributed by atoms with Crippen molar-refractivity contribution in [2.75, 3.05) is 0 Å². The molecule has 0 unspecified atom stereocenters. The van der Waals surface area contributed by atoms with Crippen molar-refractivity contribution >= 4 is 11.3 Å². The molecule has 0 spiro atoms. The molecule has 0 radical (unpaired) electrons. The Morgan fingerprint density at radius 2 is 2.23 bits per heavy atom. The monoisotopic (exact) mass is 311 g/mol. The average Bonchev–Trinajstić information content (AvgIpc) is 3.13. The van der Waals surface area contributed by atoms with Gasteiger partial charge >= 0.3 is 0 Å². The third-order valence-corrected chi connectivity index (χ3v) is 4.29. The lowest BCUT2D eigenvalue weighted by molar-refractivity contribution is 0.538. The van der Waals surface area contributed by atoms with E-state index in [0.29, 0.717) is 22.9 Å². The minimum Gasteiger partial charge on any atom is -0.440 e. The van der Waals surface area contributed by atoms with Crippen molar-refractivity contribution in [2.24, 2.45) is 0 Å². The van der Waals surface area contributed by atoms with Crippen molar-refractivity contribution in [1.82, 2.24) is 9.55 Å². The van der Waals surface area contributed by atoms with Crippen LogP contribution in [0.4, 0.5) is 0 Å². The molecular formula is C16H13N3O2S. The lowest BCUT2D eigenvalue weighted by atomic mass is 10.2. The first kappa shape index (κ1) is 14.3. The fraction of sp³-hybridized carbons (Fsp3) is 0.188. The van der Waals surface area contributed by atoms with Crippen molar-refractivity contribution < 1.29 is 4.42 Å². The maximum absolute atomic E-state index is 12.3. The maximum atomic E-state index is 12.3. The second-order valence-electron chi connectivity index (χ2n) is 4.92. The summed E-state index contributed by atoms with van der Waals surface area (Å²) in [6, 6.07) is 7.59. The molecule has 0 atom stereocenters. The summed E-state index contributed by atoms with van der Waals surface area (Å²) in [6.07, 6.45) is 1.68. The van der Waals surface area contributed by atoms with Crippen LogP contribution >= 0.6 is 11.3 Å². The van der Waals surface area contributed by atoms with Gasteiger partial charge in [-0.05, 0) is 36.9 Å². The van der Waals surface area contributed by atoms with Crippen LogP contribution in [0.5, 0.6) is 0 Å². The Hall–Kier alpha value is -2.65. The molecule has 0 saturated heterocycles. The SMILES string of the molecule is Cc1ccn(Cc2nc(-c3cccs3)oc2C)c(=O)c1C#N. The van der Waals surface area contributed by atoms with Gasteiger partial charge in [-0.25, -0.2) is 4.98 Å². The molecule has 0 bridgehead atoms. The van der Waals surface area contributed by atoms with Gasteiger partial charge in [0.1, 0.15) is 23.1 Å². The van der Waals surface area contributed by atoms with E-state index in [2.05, 4.69) is 4.98 Å². The molecule has 0 N–H and O–H groups in total. The molecule has 3 rings (SSSR count). The number of oxazole rings is 1. The van der Waals surface area contributed by atoms with Crippen LogP contribution in [-0.2, 0) is 6.54 Å². The number of aromatic nitrogens is 2. The molecule has 0 aliphatic heterocycles. The van der Waals surface area contributed by atoms with Crippen molar-refractivity contribution in [1.29, 1.82) is 5.26 Å². The first-order chi connectivity index (χ1) is 10.6. The van der Waals surface area contributed by atoms with Crippen molar-refractivity contribution in [2.45, 2.75) is 20.4 Å². The standard InChI is InChI=1S/C16H13N3O2S/c1-10-5-6-19(16(20)12(10)8-17)9-13-11(2)21-15(18-13)14-4-3-7-22-14/h3-7H,9H2,1-2H3. The highest BCUT2D eigenvalue weighted by atomic mass is 32.1. The minimum atomic E-state index is -0.303. The van der Waals surface area contributed by atoms with Crippen LogP contribution in [0.2, 0.25) is 0 Å². The van der Waals surface area contributed by atoms with Crippen LogP contribution in [0.25, 0.3) is 10.8 Å². The molecule has 0 aliphatic rings. The number of nitrogens with zero attached hydrogens (tertiary/aromatic N) is 3. The van der Waals surface area contributed by atoms with Crippen LogP contribution in [0.15, 0.2) is 39.0 Å². The van der Waals surface area contributed by atoms with Crippen LogP contribution in [0, 0.1) is 25.2 Å². The van der Waals surface area contributed by atoms with E-state index < -0.39 is 0 Å². The summed E-state index contributed by atoms with van der Waals surface area (Å²) in [5, 5.41) is 11.0. The Kier molecular flexibility index (Phi) is 3.65. The normalized spacial score (nSPS) is 10.6. The van der Waals surface area contributed by atoms with Gasteiger partial charge < -0.3 is 8.98 Å². The quantitative estimate of drug-likeness (QED) is 0.745. The lowest BCUT2D eigenvalue weighted by Gasteiger charge is -2.05. The fourth-order valence-corrected chi connectivity index (χ4v) is 2.82. The van der Waals surface area contributed by atoms with Gasteiger partial charge in [0, 0.05) is 6.20 Å². The molecule has 0 saturated carbocycles. The highest BCUT2D eigenvalue weighted by Gasteiger charge is 2.14. The molecule has 3 aromatic rings. The topological polar surface area (TPSA) is 71.8 Å². The largest absolute Gasteiger partial charge is 0.440 e. The highest BCUT2D eigenvalue weighted by Crippen LogP contribution is 2.26. The second kappa shape index (κ2) is 5.62. The summed E-state index contributed by atoms with van der Waals surface area (Å²) in [6.45, 7) is 3.86. The third-order valence-electron chi connectivity index (χ3n) is 3.43. The summed E-state index contributed by atoms with van der Waals surface area (Å²) >= 11 is 1.55. The highest BCUT2D eigenvalue weighted by molar-refractivity contribution is 7.13. The summed E-state index contributed by atoms with van der Waals surface area (Å²) < 4.78 is 7.15. The van der Waals surface area contributed by atoms with Crippen LogP contribution in [0.1, 0.15) is 22.6 Å². The van der Waals surface area contributed by atoms with Crippen LogP contribution in [-0.4, -0.2) is 9.55 Å². The summed E-state index contributed by atoms with van der Waals surface area (Å²) in [7, 11) is 0. The van der Waals surface area contributed by atoms with Gasteiger partial charge in [0.25, 0.3) is 5.56 Å². The van der Waals surface area contributed by atoms with E-state index >= 15 is 0 Å². The smallest absolute Gasteiger partial charge is 0.269 e. The van der Waals surface area contributed by atoms with Gasteiger partial charge in [-0.15, -0.1) is 11.3 Å². The van der Waals surface area contributed by atoms with Crippen molar-refractivity contribution in [3.8, 4) is 16.8 Å². The number of hydrogen-bond donors (Lipinski definition) is 0. The minimum absolute atomic E-state index is 0.169. The predicted molar refractivity (Wildman–Crippen MR) is 83.8 cm³/mol. The molecule has 110 valence electrons. The number of pyridine rings is 1. The van der Waals surface area contributed by atoms with E-state index in [9.17, 15) is 4.79 Å². The zero-order valence-electron chi connectivity index (χ0n) is 12.2. The van der Waals surface area contributed by atoms with E-state index in [4.69, 9.17) is 9.68 Å². The van der Waals surface area contributed by atoms with E-state index in [1.807, 2.05) is 30.5 Å². The molecule has 0 amide bonds. The third kappa shape index (κ3) is 2.47. The van der Waals surface area contributed by atoms with Crippen molar-refractivity contribution in [3.63, 3.8) is 0 Å². The molecule has 3 heterocycles. The Balaban J connectivity index is 1.98. The van der Waals surface area contributed by atoms with Crippen LogP contribution < -0.4 is 5.56 Å². The molecular weight excluding hydrogens is 298 g/mol. The number of hydrogen-bond acceptors (Lipinski definition) is 5. The lowest BCUT2D eigenvalue weighted by Crippen LogP contribution is -2.23. The van der Waals surface area contributed by atoms with Gasteiger partial charge in [-0.1, -0.05) is 6.07 Å². The Bertz CT molecular complexity index is 914.